The number of anilines is 1. The van der Waals surface area contributed by atoms with Gasteiger partial charge in [0.2, 0.25) is 0 Å². The van der Waals surface area contributed by atoms with Gasteiger partial charge in [-0.25, -0.2) is 14.4 Å². The second-order valence-corrected chi connectivity index (χ2v) is 14.7. The number of methoxy groups -OCH3 is 1. The van der Waals surface area contributed by atoms with Crippen LogP contribution in [0.25, 0.3) is 0 Å². The fourth-order valence-corrected chi connectivity index (χ4v) is 8.63. The molecule has 0 bridgehead atoms. The van der Waals surface area contributed by atoms with Crippen LogP contribution in [-0.2, 0) is 9.53 Å². The molecule has 10 heteroatoms. The lowest BCUT2D eigenvalue weighted by atomic mass is 9.68. The van der Waals surface area contributed by atoms with Crippen molar-refractivity contribution in [2.24, 2.45) is 22.7 Å². The monoisotopic (exact) mass is 635 g/mol. The lowest BCUT2D eigenvalue weighted by molar-refractivity contribution is -0.122. The number of carbonyl (C=O) groups is 2. The molecule has 250 valence electrons. The fraction of sp³-hybridized carbons (Fsp3) is 0.667. The molecule has 3 heterocycles. The smallest absolute Gasteiger partial charge is 0.257 e. The van der Waals surface area contributed by atoms with Crippen molar-refractivity contribution in [3.05, 3.63) is 42.1 Å². The van der Waals surface area contributed by atoms with Crippen molar-refractivity contribution in [2.45, 2.75) is 78.2 Å². The Morgan fingerprint density at radius 2 is 1.85 bits per heavy atom. The highest BCUT2D eigenvalue weighted by Gasteiger charge is 2.48. The summed E-state index contributed by atoms with van der Waals surface area (Å²) in [5, 5.41) is 0. The van der Waals surface area contributed by atoms with Gasteiger partial charge in [-0.15, -0.1) is 0 Å². The number of rotatable bonds is 10. The van der Waals surface area contributed by atoms with Gasteiger partial charge in [0, 0.05) is 57.1 Å². The molecule has 2 aliphatic heterocycles. The van der Waals surface area contributed by atoms with Gasteiger partial charge >= 0.3 is 0 Å². The van der Waals surface area contributed by atoms with Gasteiger partial charge in [0.15, 0.2) is 11.6 Å². The van der Waals surface area contributed by atoms with Gasteiger partial charge in [-0.1, -0.05) is 0 Å². The van der Waals surface area contributed by atoms with Crippen molar-refractivity contribution >= 4 is 17.5 Å². The van der Waals surface area contributed by atoms with E-state index in [-0.39, 0.29) is 34.3 Å². The van der Waals surface area contributed by atoms with Crippen LogP contribution in [0.3, 0.4) is 0 Å². The number of halogens is 1. The normalized spacial score (nSPS) is 26.1. The molecule has 2 aliphatic carbocycles. The Morgan fingerprint density at radius 3 is 2.52 bits per heavy atom. The summed E-state index contributed by atoms with van der Waals surface area (Å²) in [7, 11) is 1.70. The van der Waals surface area contributed by atoms with Crippen LogP contribution in [-0.4, -0.2) is 90.5 Å². The van der Waals surface area contributed by atoms with Crippen molar-refractivity contribution in [3.63, 3.8) is 0 Å². The van der Waals surface area contributed by atoms with E-state index in [2.05, 4.69) is 19.8 Å². The molecule has 0 N–H and O–H groups in total. The van der Waals surface area contributed by atoms with Gasteiger partial charge in [0.05, 0.1) is 18.4 Å². The van der Waals surface area contributed by atoms with Crippen LogP contribution in [0.2, 0.25) is 0 Å². The van der Waals surface area contributed by atoms with Gasteiger partial charge in [-0.2, -0.15) is 0 Å². The average Bonchev–Trinajstić information content (AvgIpc) is 3.33. The molecule has 9 nitrogen and oxygen atoms in total. The van der Waals surface area contributed by atoms with E-state index in [1.165, 1.54) is 56.8 Å². The van der Waals surface area contributed by atoms with E-state index in [9.17, 15) is 14.0 Å². The Morgan fingerprint density at radius 1 is 1.11 bits per heavy atom. The number of Topliss-reactive ketones (excluding diaryl/α,β-unsaturated/α-hetero) is 1. The van der Waals surface area contributed by atoms with Crippen LogP contribution in [0.15, 0.2) is 30.7 Å². The standard InChI is InChI=1S/C36H50FN5O4/c1-5-42(25(2)3)34(44)29-16-28(37)6-7-31(29)46-32-19-38-24-39-33(32)41-22-36(23-41)12-14-40(15-13-36)20-26-8-10-35(11-9-26)17-27(21-45-4)30(43)18-35/h6-7,16,19,24-27H,5,8-15,17-18,20-23H2,1-4H3/t26?,27-,35?/m0/s1. The third-order valence-electron chi connectivity index (χ3n) is 11.3. The molecule has 2 spiro atoms. The molecule has 2 aromatic rings. The molecule has 0 radical (unpaired) electrons. The molecule has 0 unspecified atom stereocenters. The number of piperidine rings is 1. The second kappa shape index (κ2) is 13.6. The zero-order valence-corrected chi connectivity index (χ0v) is 28.0. The molecule has 2 saturated carbocycles. The second-order valence-electron chi connectivity index (χ2n) is 14.7. The summed E-state index contributed by atoms with van der Waals surface area (Å²) >= 11 is 0. The molecule has 1 atom stereocenters. The summed E-state index contributed by atoms with van der Waals surface area (Å²) in [4.78, 5) is 41.2. The number of hydrogen-bond acceptors (Lipinski definition) is 8. The summed E-state index contributed by atoms with van der Waals surface area (Å²) in [6, 6.07) is 4.05. The van der Waals surface area contributed by atoms with E-state index in [4.69, 9.17) is 9.47 Å². The maximum Gasteiger partial charge on any atom is 0.257 e. The maximum absolute atomic E-state index is 14.3. The number of aromatic nitrogens is 2. The molecular weight excluding hydrogens is 585 g/mol. The highest BCUT2D eigenvalue weighted by Crippen LogP contribution is 2.51. The number of likely N-dealkylation sites (tertiary alicyclic amines) is 1. The van der Waals surface area contributed by atoms with Gasteiger partial charge in [0.1, 0.15) is 23.7 Å². The number of ether oxygens (including phenoxy) is 2. The average molecular weight is 636 g/mol. The topological polar surface area (TPSA) is 88.1 Å². The first-order valence-electron chi connectivity index (χ1n) is 17.2. The molecule has 4 fully saturated rings. The predicted octanol–water partition coefficient (Wildman–Crippen LogP) is 5.98. The highest BCUT2D eigenvalue weighted by atomic mass is 19.1. The zero-order chi connectivity index (χ0) is 32.5. The van der Waals surface area contributed by atoms with Crippen LogP contribution in [0, 0.1) is 28.5 Å². The van der Waals surface area contributed by atoms with Crippen molar-refractivity contribution in [2.75, 3.05) is 57.9 Å². The molecule has 6 rings (SSSR count). The number of hydrogen-bond donors (Lipinski definition) is 0. The van der Waals surface area contributed by atoms with Crippen molar-refractivity contribution in [1.82, 2.24) is 19.8 Å². The van der Waals surface area contributed by atoms with Gasteiger partial charge in [-0.05, 0) is 108 Å². The minimum absolute atomic E-state index is 0.0269. The van der Waals surface area contributed by atoms with Crippen LogP contribution in [0.1, 0.15) is 82.5 Å². The fourth-order valence-electron chi connectivity index (χ4n) is 8.63. The van der Waals surface area contributed by atoms with Crippen LogP contribution >= 0.6 is 0 Å². The third kappa shape index (κ3) is 6.79. The largest absolute Gasteiger partial charge is 0.451 e. The molecule has 4 aliphatic rings. The van der Waals surface area contributed by atoms with Crippen LogP contribution in [0.4, 0.5) is 10.2 Å². The summed E-state index contributed by atoms with van der Waals surface area (Å²) in [6.07, 6.45) is 12.1. The summed E-state index contributed by atoms with van der Waals surface area (Å²) in [5.74, 6) is 1.97. The third-order valence-corrected chi connectivity index (χ3v) is 11.3. The van der Waals surface area contributed by atoms with Crippen molar-refractivity contribution < 1.29 is 23.5 Å². The first-order valence-corrected chi connectivity index (χ1v) is 17.2. The summed E-state index contributed by atoms with van der Waals surface area (Å²) in [6.45, 7) is 12.1. The van der Waals surface area contributed by atoms with E-state index >= 15 is 0 Å². The first kappa shape index (κ1) is 32.8. The Kier molecular flexibility index (Phi) is 9.67. The summed E-state index contributed by atoms with van der Waals surface area (Å²) in [5.41, 5.74) is 0.698. The predicted molar refractivity (Wildman–Crippen MR) is 175 cm³/mol. The molecule has 1 aromatic heterocycles. The SMILES string of the molecule is CCN(C(=O)c1cc(F)ccc1Oc1cncnc1N1CC2(CCN(CC3CCC4(CC3)CC(=O)[C@H](COC)C4)CC2)C1)C(C)C. The number of carbonyl (C=O) groups excluding carboxylic acids is 2. The number of nitrogens with zero attached hydrogens (tertiary/aromatic N) is 5. The van der Waals surface area contributed by atoms with E-state index in [0.717, 1.165) is 57.8 Å². The lowest BCUT2D eigenvalue weighted by Gasteiger charge is -2.55. The minimum Gasteiger partial charge on any atom is -0.451 e. The van der Waals surface area contributed by atoms with E-state index in [1.807, 2.05) is 20.8 Å². The first-order chi connectivity index (χ1) is 22.1. The molecule has 46 heavy (non-hydrogen) atoms. The number of amides is 1. The summed E-state index contributed by atoms with van der Waals surface area (Å²) < 4.78 is 25.9. The van der Waals surface area contributed by atoms with E-state index < -0.39 is 5.82 Å². The van der Waals surface area contributed by atoms with Gasteiger partial charge < -0.3 is 24.2 Å². The van der Waals surface area contributed by atoms with Gasteiger partial charge in [0.25, 0.3) is 5.91 Å². The Labute approximate surface area is 272 Å². The van der Waals surface area contributed by atoms with E-state index in [1.54, 1.807) is 18.2 Å². The Balaban J connectivity index is 1.02. The maximum atomic E-state index is 14.3. The van der Waals surface area contributed by atoms with Crippen molar-refractivity contribution in [3.8, 4) is 11.5 Å². The molecular formula is C36H50FN5O4. The highest BCUT2D eigenvalue weighted by molar-refractivity contribution is 5.97. The zero-order valence-electron chi connectivity index (χ0n) is 28.0. The Bertz CT molecular complexity index is 1390. The lowest BCUT2D eigenvalue weighted by Crippen LogP contribution is -2.61. The van der Waals surface area contributed by atoms with E-state index in [0.29, 0.717) is 36.3 Å². The molecule has 1 aromatic carbocycles. The minimum atomic E-state index is -0.482. The quantitative estimate of drug-likeness (QED) is 0.315. The van der Waals surface area contributed by atoms with Gasteiger partial charge in [-0.3, -0.25) is 9.59 Å². The van der Waals surface area contributed by atoms with Crippen LogP contribution < -0.4 is 9.64 Å². The van der Waals surface area contributed by atoms with Crippen LogP contribution in [0.5, 0.6) is 11.5 Å². The number of ketones is 1. The Hall–Kier alpha value is -3.11. The van der Waals surface area contributed by atoms with Crippen molar-refractivity contribution in [1.29, 1.82) is 0 Å². The number of benzene rings is 1. The molecule has 1 amide bonds. The molecule has 2 saturated heterocycles.